The van der Waals surface area contributed by atoms with Gasteiger partial charge in [0.05, 0.1) is 0 Å². The van der Waals surface area contributed by atoms with Gasteiger partial charge in [-0.2, -0.15) is 0 Å². The first-order chi connectivity index (χ1) is 14.3. The quantitative estimate of drug-likeness (QED) is 0.439. The first kappa shape index (κ1) is 22.6. The van der Waals surface area contributed by atoms with Crippen molar-refractivity contribution < 1.29 is 5.11 Å². The molecule has 0 aliphatic heterocycles. The van der Waals surface area contributed by atoms with Gasteiger partial charge in [0, 0.05) is 6.61 Å². The van der Waals surface area contributed by atoms with Gasteiger partial charge in [-0.25, -0.2) is 0 Å². The van der Waals surface area contributed by atoms with Crippen LogP contribution in [0, 0.1) is 46.3 Å². The summed E-state index contributed by atoms with van der Waals surface area (Å²) >= 11 is 0. The summed E-state index contributed by atoms with van der Waals surface area (Å²) in [6.07, 6.45) is 20.2. The van der Waals surface area contributed by atoms with Crippen molar-refractivity contribution >= 4 is 0 Å². The summed E-state index contributed by atoms with van der Waals surface area (Å²) in [5.41, 5.74) is 4.39. The molecule has 4 aliphatic carbocycles. The van der Waals surface area contributed by atoms with Crippen LogP contribution in [0.5, 0.6) is 0 Å². The van der Waals surface area contributed by atoms with Crippen molar-refractivity contribution in [3.8, 4) is 0 Å². The van der Waals surface area contributed by atoms with Gasteiger partial charge in [0.1, 0.15) is 0 Å². The Bertz CT molecular complexity index is 672. The summed E-state index contributed by atoms with van der Waals surface area (Å²) in [6, 6.07) is 0. The molecule has 4 rings (SSSR count). The highest BCUT2D eigenvalue weighted by Gasteiger charge is 2.58. The molecule has 1 N–H and O–H groups in total. The van der Waals surface area contributed by atoms with Crippen molar-refractivity contribution in [2.24, 2.45) is 46.3 Å². The van der Waals surface area contributed by atoms with E-state index in [1.165, 1.54) is 69.8 Å². The molecule has 3 saturated carbocycles. The van der Waals surface area contributed by atoms with Crippen molar-refractivity contribution in [2.45, 2.75) is 105 Å². The van der Waals surface area contributed by atoms with Crippen LogP contribution in [0.4, 0.5) is 0 Å². The predicted molar refractivity (Wildman–Crippen MR) is 128 cm³/mol. The SMILES string of the molecule is CC(C)C(=CC[C@@H](C)[C@H]1CC[C@H]2[C@@H]3CC=C4CCCC[C@]4(C)[C@H]3CC[C@]12C)CCO. The second-order valence-corrected chi connectivity index (χ2v) is 12.3. The zero-order valence-electron chi connectivity index (χ0n) is 20.6. The Morgan fingerprint density at radius 2 is 1.90 bits per heavy atom. The van der Waals surface area contributed by atoms with E-state index >= 15 is 0 Å². The third kappa shape index (κ3) is 3.76. The first-order valence-electron chi connectivity index (χ1n) is 13.3. The molecule has 0 aromatic heterocycles. The Morgan fingerprint density at radius 3 is 2.63 bits per heavy atom. The van der Waals surface area contributed by atoms with Gasteiger partial charge in [0.15, 0.2) is 0 Å². The lowest BCUT2D eigenvalue weighted by Crippen LogP contribution is -2.50. The van der Waals surface area contributed by atoms with Crippen LogP contribution >= 0.6 is 0 Å². The molecule has 0 amide bonds. The van der Waals surface area contributed by atoms with E-state index in [2.05, 4.69) is 46.8 Å². The summed E-state index contributed by atoms with van der Waals surface area (Å²) in [5.74, 6) is 5.07. The Hall–Kier alpha value is -0.560. The van der Waals surface area contributed by atoms with E-state index in [4.69, 9.17) is 0 Å². The fourth-order valence-electron chi connectivity index (χ4n) is 8.93. The molecule has 0 bridgehead atoms. The minimum atomic E-state index is 0.291. The van der Waals surface area contributed by atoms with Crippen LogP contribution in [0.15, 0.2) is 23.3 Å². The maximum atomic E-state index is 9.43. The molecule has 0 aromatic carbocycles. The van der Waals surface area contributed by atoms with Crippen molar-refractivity contribution in [3.05, 3.63) is 23.3 Å². The molecule has 30 heavy (non-hydrogen) atoms. The summed E-state index contributed by atoms with van der Waals surface area (Å²) < 4.78 is 0. The smallest absolute Gasteiger partial charge is 0.0468 e. The monoisotopic (exact) mass is 412 g/mol. The highest BCUT2D eigenvalue weighted by atomic mass is 16.2. The van der Waals surface area contributed by atoms with Crippen molar-refractivity contribution in [3.63, 3.8) is 0 Å². The highest BCUT2D eigenvalue weighted by molar-refractivity contribution is 5.24. The number of hydrogen-bond acceptors (Lipinski definition) is 1. The third-order valence-corrected chi connectivity index (χ3v) is 10.7. The minimum Gasteiger partial charge on any atom is -0.396 e. The fraction of sp³-hybridized carbons (Fsp3) is 0.862. The number of fused-ring (bicyclic) bond motifs is 5. The normalized spacial score (nSPS) is 42.4. The lowest BCUT2D eigenvalue weighted by Gasteiger charge is -2.58. The minimum absolute atomic E-state index is 0.291. The number of rotatable bonds is 6. The van der Waals surface area contributed by atoms with E-state index in [0.717, 1.165) is 36.0 Å². The Morgan fingerprint density at radius 1 is 1.10 bits per heavy atom. The molecule has 0 heterocycles. The molecule has 3 fully saturated rings. The van der Waals surface area contributed by atoms with Crippen LogP contribution < -0.4 is 0 Å². The average molecular weight is 413 g/mol. The topological polar surface area (TPSA) is 20.2 Å². The van der Waals surface area contributed by atoms with Gasteiger partial charge in [0.25, 0.3) is 0 Å². The van der Waals surface area contributed by atoms with Crippen LogP contribution in [0.2, 0.25) is 0 Å². The molecule has 7 atom stereocenters. The van der Waals surface area contributed by atoms with Gasteiger partial charge in [-0.05, 0) is 111 Å². The van der Waals surface area contributed by atoms with Crippen molar-refractivity contribution in [2.75, 3.05) is 6.61 Å². The molecule has 1 nitrogen and oxygen atoms in total. The van der Waals surface area contributed by atoms with E-state index in [1.54, 1.807) is 0 Å². The Kier molecular flexibility index (Phi) is 6.61. The maximum Gasteiger partial charge on any atom is 0.0468 e. The summed E-state index contributed by atoms with van der Waals surface area (Å²) in [5, 5.41) is 9.43. The average Bonchev–Trinajstić information content (AvgIpc) is 3.07. The zero-order valence-corrected chi connectivity index (χ0v) is 20.6. The lowest BCUT2D eigenvalue weighted by atomic mass is 9.47. The van der Waals surface area contributed by atoms with E-state index in [9.17, 15) is 5.11 Å². The molecule has 0 saturated heterocycles. The van der Waals surface area contributed by atoms with Gasteiger partial charge in [0.2, 0.25) is 0 Å². The molecule has 170 valence electrons. The number of allylic oxidation sites excluding steroid dienone is 3. The number of aliphatic hydroxyl groups excluding tert-OH is 1. The fourth-order valence-corrected chi connectivity index (χ4v) is 8.93. The third-order valence-electron chi connectivity index (χ3n) is 10.7. The largest absolute Gasteiger partial charge is 0.396 e. The van der Waals surface area contributed by atoms with Crippen molar-refractivity contribution in [1.29, 1.82) is 0 Å². The first-order valence-corrected chi connectivity index (χ1v) is 13.3. The zero-order chi connectivity index (χ0) is 21.5. The summed E-state index contributed by atoms with van der Waals surface area (Å²) in [7, 11) is 0. The molecule has 4 aliphatic rings. The van der Waals surface area contributed by atoms with Crippen molar-refractivity contribution in [1.82, 2.24) is 0 Å². The molecular weight excluding hydrogens is 364 g/mol. The van der Waals surface area contributed by atoms with Gasteiger partial charge in [-0.1, -0.05) is 64.3 Å². The molecule has 0 aromatic rings. The molecule has 0 spiro atoms. The molecule has 0 unspecified atom stereocenters. The Balaban J connectivity index is 1.50. The number of aliphatic hydroxyl groups is 1. The van der Waals surface area contributed by atoms with Gasteiger partial charge in [-0.3, -0.25) is 0 Å². The van der Waals surface area contributed by atoms with Crippen LogP contribution in [0.1, 0.15) is 105 Å². The van der Waals surface area contributed by atoms with Crippen LogP contribution in [-0.4, -0.2) is 11.7 Å². The van der Waals surface area contributed by atoms with E-state index in [0.29, 0.717) is 23.4 Å². The Labute approximate surface area is 186 Å². The van der Waals surface area contributed by atoms with E-state index in [1.807, 2.05) is 5.57 Å². The standard InChI is InChI=1S/C29H48O/c1-20(2)22(16-19-30)10-9-21(3)25-13-14-26-24-12-11-23-8-6-7-17-28(23,4)27(24)15-18-29(25,26)5/h10-11,20-21,24-27,30H,6-9,12-19H2,1-5H3/t21-,24+,25-,26+,27+,28+,29-/m1/s1. The second kappa shape index (κ2) is 8.76. The predicted octanol–water partition coefficient (Wildman–Crippen LogP) is 7.95. The molecule has 1 heteroatoms. The van der Waals surface area contributed by atoms with Crippen LogP contribution in [0.25, 0.3) is 0 Å². The molecular formula is C29H48O. The summed E-state index contributed by atoms with van der Waals surface area (Å²) in [4.78, 5) is 0. The van der Waals surface area contributed by atoms with E-state index < -0.39 is 0 Å². The second-order valence-electron chi connectivity index (χ2n) is 12.3. The molecule has 0 radical (unpaired) electrons. The van der Waals surface area contributed by atoms with E-state index in [-0.39, 0.29) is 0 Å². The number of hydrogen-bond donors (Lipinski definition) is 1. The summed E-state index contributed by atoms with van der Waals surface area (Å²) in [6.45, 7) is 12.7. The van der Waals surface area contributed by atoms with Gasteiger partial charge >= 0.3 is 0 Å². The highest BCUT2D eigenvalue weighted by Crippen LogP contribution is 2.67. The van der Waals surface area contributed by atoms with Crippen LogP contribution in [-0.2, 0) is 0 Å². The lowest BCUT2D eigenvalue weighted by molar-refractivity contribution is -0.0491. The van der Waals surface area contributed by atoms with Gasteiger partial charge < -0.3 is 5.11 Å². The van der Waals surface area contributed by atoms with Crippen LogP contribution in [0.3, 0.4) is 0 Å². The maximum absolute atomic E-state index is 9.43. The van der Waals surface area contributed by atoms with Gasteiger partial charge in [-0.15, -0.1) is 0 Å².